The van der Waals surface area contributed by atoms with E-state index in [1.807, 2.05) is 12.1 Å². The lowest BCUT2D eigenvalue weighted by Crippen LogP contribution is -2.21. The molecule has 2 aromatic rings. The van der Waals surface area contributed by atoms with Gasteiger partial charge in [0, 0.05) is 11.5 Å². The van der Waals surface area contributed by atoms with Crippen LogP contribution >= 0.6 is 0 Å². The van der Waals surface area contributed by atoms with Gasteiger partial charge in [-0.15, -0.1) is 0 Å². The summed E-state index contributed by atoms with van der Waals surface area (Å²) in [5.74, 6) is -0.0950. The molecule has 0 aliphatic carbocycles. The zero-order valence-corrected chi connectivity index (χ0v) is 12.8. The average Bonchev–Trinajstić information content (AvgIpc) is 2.54. The lowest BCUT2D eigenvalue weighted by Gasteiger charge is -2.26. The minimum Gasteiger partial charge on any atom is -0.507 e. The number of ether oxygens (including phenoxy) is 2. The molecule has 0 radical (unpaired) electrons. The quantitative estimate of drug-likeness (QED) is 0.536. The molecule has 0 unspecified atom stereocenters. The van der Waals surface area contributed by atoms with Crippen molar-refractivity contribution in [2.24, 2.45) is 0 Å². The van der Waals surface area contributed by atoms with Gasteiger partial charge in [0.2, 0.25) is 0 Å². The van der Waals surface area contributed by atoms with Crippen LogP contribution in [0.1, 0.15) is 40.7 Å². The molecule has 0 aromatic heterocycles. The summed E-state index contributed by atoms with van der Waals surface area (Å²) >= 11 is 0. The molecule has 5 heteroatoms. The highest BCUT2D eigenvalue weighted by molar-refractivity contribution is 5.98. The van der Waals surface area contributed by atoms with Crippen molar-refractivity contribution in [3.8, 4) is 17.2 Å². The Labute approximate surface area is 133 Å². The third-order valence-corrected chi connectivity index (χ3v) is 4.02. The number of aromatic hydroxyl groups is 1. The van der Waals surface area contributed by atoms with Crippen LogP contribution in [-0.2, 0) is 4.79 Å². The molecule has 1 aliphatic rings. The molecule has 23 heavy (non-hydrogen) atoms. The van der Waals surface area contributed by atoms with Gasteiger partial charge in [-0.2, -0.15) is 0 Å². The Morgan fingerprint density at radius 3 is 2.52 bits per heavy atom. The van der Waals surface area contributed by atoms with Crippen LogP contribution in [0.25, 0.3) is 0 Å². The van der Waals surface area contributed by atoms with Crippen LogP contribution in [0.5, 0.6) is 17.2 Å². The number of fused-ring (bicyclic) bond motifs is 1. The number of carbonyl (C=O) groups is 2. The van der Waals surface area contributed by atoms with Crippen molar-refractivity contribution in [1.82, 2.24) is 0 Å². The van der Waals surface area contributed by atoms with Crippen molar-refractivity contribution in [3.05, 3.63) is 53.1 Å². The second kappa shape index (κ2) is 5.76. The Morgan fingerprint density at radius 1 is 1.22 bits per heavy atom. The molecule has 0 saturated carbocycles. The SMILES string of the molecule is COc1ccc([C@H]2CC(=O)Oc3ccc(C(C)=O)c(O)c32)cc1. The second-order valence-electron chi connectivity index (χ2n) is 5.43. The molecule has 0 amide bonds. The molecule has 0 saturated heterocycles. The number of Topliss-reactive ketones (excluding diaryl/α,β-unsaturated/α-hetero) is 1. The van der Waals surface area contributed by atoms with E-state index >= 15 is 0 Å². The van der Waals surface area contributed by atoms with Gasteiger partial charge in [-0.05, 0) is 36.8 Å². The molecule has 0 spiro atoms. The Hall–Kier alpha value is -2.82. The molecular weight excluding hydrogens is 296 g/mol. The maximum absolute atomic E-state index is 11.9. The molecule has 1 N–H and O–H groups in total. The van der Waals surface area contributed by atoms with E-state index in [1.54, 1.807) is 25.3 Å². The zero-order chi connectivity index (χ0) is 16.6. The molecule has 1 aliphatic heterocycles. The lowest BCUT2D eigenvalue weighted by molar-refractivity contribution is -0.135. The first-order valence-corrected chi connectivity index (χ1v) is 7.22. The summed E-state index contributed by atoms with van der Waals surface area (Å²) in [6, 6.07) is 10.3. The first-order valence-electron chi connectivity index (χ1n) is 7.22. The molecule has 0 bridgehead atoms. The number of phenols is 1. The molecular formula is C18H16O5. The number of rotatable bonds is 3. The molecule has 118 valence electrons. The van der Waals surface area contributed by atoms with Gasteiger partial charge >= 0.3 is 5.97 Å². The summed E-state index contributed by atoms with van der Waals surface area (Å²) < 4.78 is 10.3. The van der Waals surface area contributed by atoms with Gasteiger partial charge in [-0.25, -0.2) is 0 Å². The fourth-order valence-corrected chi connectivity index (χ4v) is 2.85. The summed E-state index contributed by atoms with van der Waals surface area (Å²) in [7, 11) is 1.58. The van der Waals surface area contributed by atoms with Gasteiger partial charge in [-0.1, -0.05) is 12.1 Å². The van der Waals surface area contributed by atoms with E-state index in [1.165, 1.54) is 13.0 Å². The number of ketones is 1. The van der Waals surface area contributed by atoms with E-state index in [2.05, 4.69) is 0 Å². The van der Waals surface area contributed by atoms with Gasteiger partial charge < -0.3 is 14.6 Å². The monoisotopic (exact) mass is 312 g/mol. The molecule has 0 fully saturated rings. The van der Waals surface area contributed by atoms with E-state index in [0.29, 0.717) is 17.1 Å². The summed E-state index contributed by atoms with van der Waals surface area (Å²) in [5, 5.41) is 10.5. The van der Waals surface area contributed by atoms with E-state index < -0.39 is 0 Å². The first kappa shape index (κ1) is 15.1. The number of hydrogen-bond donors (Lipinski definition) is 1. The number of carbonyl (C=O) groups excluding carboxylic acids is 2. The van der Waals surface area contributed by atoms with Crippen molar-refractivity contribution in [1.29, 1.82) is 0 Å². The van der Waals surface area contributed by atoms with Crippen LogP contribution in [0.2, 0.25) is 0 Å². The Kier molecular flexibility index (Phi) is 3.78. The normalized spacial score (nSPS) is 16.4. The summed E-state index contributed by atoms with van der Waals surface area (Å²) in [4.78, 5) is 23.5. The standard InChI is InChI=1S/C18H16O5/c1-10(19)13-7-8-15-17(18(13)21)14(9-16(20)23-15)11-3-5-12(22-2)6-4-11/h3-8,14,21H,9H2,1-2H3/t14-/m1/s1. The van der Waals surface area contributed by atoms with E-state index in [0.717, 1.165) is 5.56 Å². The highest BCUT2D eigenvalue weighted by Crippen LogP contribution is 2.45. The van der Waals surface area contributed by atoms with Crippen molar-refractivity contribution in [2.45, 2.75) is 19.3 Å². The maximum atomic E-state index is 11.9. The van der Waals surface area contributed by atoms with Gasteiger partial charge in [0.05, 0.1) is 19.1 Å². The van der Waals surface area contributed by atoms with Crippen LogP contribution in [0.3, 0.4) is 0 Å². The minimum atomic E-state index is -0.367. The summed E-state index contributed by atoms with van der Waals surface area (Å²) in [6.07, 6.45) is 0.105. The van der Waals surface area contributed by atoms with E-state index in [-0.39, 0.29) is 35.4 Å². The third-order valence-electron chi connectivity index (χ3n) is 4.02. The predicted octanol–water partition coefficient (Wildman–Crippen LogP) is 3.04. The van der Waals surface area contributed by atoms with Crippen molar-refractivity contribution in [2.75, 3.05) is 7.11 Å². The largest absolute Gasteiger partial charge is 0.507 e. The fourth-order valence-electron chi connectivity index (χ4n) is 2.85. The van der Waals surface area contributed by atoms with Gasteiger partial charge in [-0.3, -0.25) is 9.59 Å². The molecule has 2 aromatic carbocycles. The maximum Gasteiger partial charge on any atom is 0.312 e. The van der Waals surface area contributed by atoms with Crippen molar-refractivity contribution < 1.29 is 24.2 Å². The van der Waals surface area contributed by atoms with Gasteiger partial charge in [0.1, 0.15) is 17.2 Å². The highest BCUT2D eigenvalue weighted by atomic mass is 16.5. The van der Waals surface area contributed by atoms with E-state index in [9.17, 15) is 14.7 Å². The van der Waals surface area contributed by atoms with Crippen LogP contribution < -0.4 is 9.47 Å². The van der Waals surface area contributed by atoms with Gasteiger partial charge in [0.25, 0.3) is 0 Å². The van der Waals surface area contributed by atoms with Crippen molar-refractivity contribution in [3.63, 3.8) is 0 Å². The second-order valence-corrected chi connectivity index (χ2v) is 5.43. The summed E-state index contributed by atoms with van der Waals surface area (Å²) in [5.41, 5.74) is 1.54. The fraction of sp³-hybridized carbons (Fsp3) is 0.222. The number of esters is 1. The van der Waals surface area contributed by atoms with Crippen LogP contribution in [0.4, 0.5) is 0 Å². The van der Waals surface area contributed by atoms with Crippen molar-refractivity contribution >= 4 is 11.8 Å². The lowest BCUT2D eigenvalue weighted by atomic mass is 9.84. The molecule has 3 rings (SSSR count). The Bertz CT molecular complexity index is 777. The van der Waals surface area contributed by atoms with E-state index in [4.69, 9.17) is 9.47 Å². The number of benzene rings is 2. The summed E-state index contributed by atoms with van der Waals surface area (Å²) in [6.45, 7) is 1.39. The third kappa shape index (κ3) is 2.65. The number of hydrogen-bond acceptors (Lipinski definition) is 5. The molecule has 1 heterocycles. The van der Waals surface area contributed by atoms with Crippen LogP contribution in [0.15, 0.2) is 36.4 Å². The smallest absolute Gasteiger partial charge is 0.312 e. The Morgan fingerprint density at radius 2 is 1.91 bits per heavy atom. The van der Waals surface area contributed by atoms with Gasteiger partial charge in [0.15, 0.2) is 5.78 Å². The topological polar surface area (TPSA) is 72.8 Å². The predicted molar refractivity (Wildman–Crippen MR) is 83.2 cm³/mol. The molecule has 5 nitrogen and oxygen atoms in total. The van der Waals surface area contributed by atoms with Crippen LogP contribution in [0, 0.1) is 0 Å². The average molecular weight is 312 g/mol. The Balaban J connectivity index is 2.14. The number of phenolic OH excluding ortho intramolecular Hbond substituents is 1. The first-order chi connectivity index (χ1) is 11.0. The zero-order valence-electron chi connectivity index (χ0n) is 12.8. The highest BCUT2D eigenvalue weighted by Gasteiger charge is 2.32. The van der Waals surface area contributed by atoms with Crippen LogP contribution in [-0.4, -0.2) is 24.0 Å². The minimum absolute atomic E-state index is 0.105. The number of methoxy groups -OCH3 is 1. The molecule has 1 atom stereocenters.